The van der Waals surface area contributed by atoms with Gasteiger partial charge in [0.2, 0.25) is 11.8 Å². The summed E-state index contributed by atoms with van der Waals surface area (Å²) in [7, 11) is 3.00. The third kappa shape index (κ3) is 4.53. The van der Waals surface area contributed by atoms with Crippen molar-refractivity contribution < 1.29 is 27.4 Å². The molecule has 4 heterocycles. The molecule has 5 aromatic rings. The Kier molecular flexibility index (Phi) is 5.73. The lowest BCUT2D eigenvalue weighted by atomic mass is 10.0. The Balaban J connectivity index is 1.32. The van der Waals surface area contributed by atoms with E-state index in [0.717, 1.165) is 28.6 Å². The monoisotopic (exact) mass is 522 g/mol. The van der Waals surface area contributed by atoms with Crippen LogP contribution < -0.4 is 14.2 Å². The predicted molar refractivity (Wildman–Crippen MR) is 131 cm³/mol. The first kappa shape index (κ1) is 23.9. The molecule has 194 valence electrons. The summed E-state index contributed by atoms with van der Waals surface area (Å²) in [5.41, 5.74) is 4.62. The molecule has 0 saturated heterocycles. The quantitative estimate of drug-likeness (QED) is 0.296. The molecule has 6 rings (SSSR count). The van der Waals surface area contributed by atoms with Crippen molar-refractivity contribution in [2.24, 2.45) is 0 Å². The molecule has 1 unspecified atom stereocenters. The molecule has 1 aliphatic carbocycles. The summed E-state index contributed by atoms with van der Waals surface area (Å²) >= 11 is 0. The second kappa shape index (κ2) is 9.12. The van der Waals surface area contributed by atoms with E-state index in [4.69, 9.17) is 14.2 Å². The van der Waals surface area contributed by atoms with Gasteiger partial charge in [-0.15, -0.1) is 0 Å². The minimum atomic E-state index is -4.43. The van der Waals surface area contributed by atoms with Gasteiger partial charge in [0, 0.05) is 35.6 Å². The van der Waals surface area contributed by atoms with E-state index in [1.54, 1.807) is 29.2 Å². The van der Waals surface area contributed by atoms with E-state index in [9.17, 15) is 13.2 Å². The maximum atomic E-state index is 12.6. The Labute approximate surface area is 214 Å². The third-order valence-electron chi connectivity index (χ3n) is 6.46. The standard InChI is InChI=1S/C26H21F3N6O3/c1-36-24-19(12-31-25(33-24)37-2)21-11-18(23-30-7-8-35(23)34-21)17-10-16(17)15-4-3-14-5-6-22(32-20(14)9-15)38-13-26(27,28)29/h3-9,11-12,16-17H,10,13H2,1-2H3/t16-,17?/m1/s1. The van der Waals surface area contributed by atoms with Gasteiger partial charge in [-0.3, -0.25) is 0 Å². The second-order valence-corrected chi connectivity index (χ2v) is 8.91. The zero-order chi connectivity index (χ0) is 26.4. The van der Waals surface area contributed by atoms with Crippen molar-refractivity contribution in [3.8, 4) is 29.0 Å². The van der Waals surface area contributed by atoms with Gasteiger partial charge in [-0.1, -0.05) is 12.1 Å². The highest BCUT2D eigenvalue weighted by molar-refractivity contribution is 5.80. The van der Waals surface area contributed by atoms with Crippen LogP contribution in [0.4, 0.5) is 13.2 Å². The highest BCUT2D eigenvalue weighted by atomic mass is 19.4. The van der Waals surface area contributed by atoms with Crippen LogP contribution in [0.3, 0.4) is 0 Å². The highest BCUT2D eigenvalue weighted by Crippen LogP contribution is 2.56. The van der Waals surface area contributed by atoms with E-state index in [1.807, 2.05) is 24.3 Å². The van der Waals surface area contributed by atoms with Crippen LogP contribution in [0.25, 0.3) is 27.8 Å². The Bertz CT molecular complexity index is 1660. The van der Waals surface area contributed by atoms with Crippen molar-refractivity contribution in [2.45, 2.75) is 24.4 Å². The number of alkyl halides is 3. The van der Waals surface area contributed by atoms with Crippen LogP contribution in [0, 0.1) is 0 Å². The highest BCUT2D eigenvalue weighted by Gasteiger charge is 2.41. The molecule has 9 nitrogen and oxygen atoms in total. The minimum Gasteiger partial charge on any atom is -0.480 e. The molecule has 12 heteroatoms. The first-order chi connectivity index (χ1) is 18.3. The van der Waals surface area contributed by atoms with Crippen molar-refractivity contribution in [3.05, 3.63) is 66.1 Å². The average Bonchev–Trinajstić information content (AvgIpc) is 3.58. The molecule has 1 aromatic carbocycles. The average molecular weight is 522 g/mol. The molecule has 0 radical (unpaired) electrons. The maximum Gasteiger partial charge on any atom is 0.422 e. The van der Waals surface area contributed by atoms with Crippen molar-refractivity contribution >= 4 is 16.6 Å². The smallest absolute Gasteiger partial charge is 0.422 e. The van der Waals surface area contributed by atoms with Crippen LogP contribution in [0.2, 0.25) is 0 Å². The number of pyridine rings is 1. The number of imidazole rings is 1. The van der Waals surface area contributed by atoms with Gasteiger partial charge >= 0.3 is 12.2 Å². The molecule has 2 atom stereocenters. The van der Waals surface area contributed by atoms with Crippen LogP contribution >= 0.6 is 0 Å². The van der Waals surface area contributed by atoms with E-state index in [-0.39, 0.29) is 23.7 Å². The molecule has 0 bridgehead atoms. The van der Waals surface area contributed by atoms with Crippen molar-refractivity contribution in [2.75, 3.05) is 20.8 Å². The second-order valence-electron chi connectivity index (χ2n) is 8.91. The zero-order valence-corrected chi connectivity index (χ0v) is 20.3. The SMILES string of the molecule is COc1ncc(-c2cc(C3C[C@@H]3c3ccc4ccc(OCC(F)(F)F)nc4c3)c3nccn3n2)c(OC)n1. The summed E-state index contributed by atoms with van der Waals surface area (Å²) in [6.45, 7) is -1.38. The van der Waals surface area contributed by atoms with Crippen molar-refractivity contribution in [1.29, 1.82) is 0 Å². The number of nitrogens with zero attached hydrogens (tertiary/aromatic N) is 6. The van der Waals surface area contributed by atoms with Gasteiger partial charge < -0.3 is 14.2 Å². The minimum absolute atomic E-state index is 0.0622. The molecule has 0 N–H and O–H groups in total. The number of hydrogen-bond donors (Lipinski definition) is 0. The number of benzene rings is 1. The predicted octanol–water partition coefficient (Wildman–Crippen LogP) is 4.96. The first-order valence-corrected chi connectivity index (χ1v) is 11.7. The summed E-state index contributed by atoms with van der Waals surface area (Å²) in [4.78, 5) is 17.3. The van der Waals surface area contributed by atoms with Gasteiger partial charge in [0.05, 0.1) is 31.0 Å². The van der Waals surface area contributed by atoms with Gasteiger partial charge in [-0.2, -0.15) is 23.3 Å². The van der Waals surface area contributed by atoms with Crippen LogP contribution in [0.1, 0.15) is 29.4 Å². The molecule has 1 aliphatic rings. The fraction of sp³-hybridized carbons (Fsp3) is 0.269. The molecule has 38 heavy (non-hydrogen) atoms. The van der Waals surface area contributed by atoms with Crippen LogP contribution in [0.15, 0.2) is 55.0 Å². The lowest BCUT2D eigenvalue weighted by Gasteiger charge is -2.11. The lowest BCUT2D eigenvalue weighted by Crippen LogP contribution is -2.19. The molecule has 4 aromatic heterocycles. The fourth-order valence-corrected chi connectivity index (χ4v) is 4.62. The number of halogens is 3. The summed E-state index contributed by atoms with van der Waals surface area (Å²) in [5.74, 6) is 0.624. The van der Waals surface area contributed by atoms with Gasteiger partial charge in [0.25, 0.3) is 0 Å². The number of fused-ring (bicyclic) bond motifs is 2. The number of aromatic nitrogens is 6. The Morgan fingerprint density at radius 1 is 1.00 bits per heavy atom. The molecule has 0 amide bonds. The Morgan fingerprint density at radius 3 is 2.63 bits per heavy atom. The molecular weight excluding hydrogens is 501 g/mol. The maximum absolute atomic E-state index is 12.6. The van der Waals surface area contributed by atoms with Gasteiger partial charge in [-0.25, -0.2) is 19.5 Å². The molecular formula is C26H21F3N6O3. The normalized spacial score (nSPS) is 17.1. The van der Waals surface area contributed by atoms with Crippen LogP contribution in [-0.2, 0) is 0 Å². The van der Waals surface area contributed by atoms with E-state index >= 15 is 0 Å². The summed E-state index contributed by atoms with van der Waals surface area (Å²) in [5, 5.41) is 5.49. The number of ether oxygens (including phenoxy) is 3. The van der Waals surface area contributed by atoms with Gasteiger partial charge in [0.15, 0.2) is 12.3 Å². The van der Waals surface area contributed by atoms with E-state index in [2.05, 4.69) is 25.0 Å². The Morgan fingerprint density at radius 2 is 1.84 bits per heavy atom. The van der Waals surface area contributed by atoms with Gasteiger partial charge in [0.1, 0.15) is 0 Å². The summed E-state index contributed by atoms with van der Waals surface area (Å²) in [6, 6.07) is 11.2. The Hall–Kier alpha value is -4.48. The van der Waals surface area contributed by atoms with Crippen LogP contribution in [-0.4, -0.2) is 56.6 Å². The third-order valence-corrected chi connectivity index (χ3v) is 6.46. The lowest BCUT2D eigenvalue weighted by molar-refractivity contribution is -0.154. The van der Waals surface area contributed by atoms with E-state index in [0.29, 0.717) is 22.7 Å². The summed E-state index contributed by atoms with van der Waals surface area (Å²) < 4.78 is 54.8. The fourth-order valence-electron chi connectivity index (χ4n) is 4.62. The number of methoxy groups -OCH3 is 2. The molecule has 0 spiro atoms. The summed E-state index contributed by atoms with van der Waals surface area (Å²) in [6.07, 6.45) is 1.52. The van der Waals surface area contributed by atoms with Crippen molar-refractivity contribution in [3.63, 3.8) is 0 Å². The topological polar surface area (TPSA) is 96.6 Å². The first-order valence-electron chi connectivity index (χ1n) is 11.7. The van der Waals surface area contributed by atoms with E-state index in [1.165, 1.54) is 20.3 Å². The largest absolute Gasteiger partial charge is 0.480 e. The molecule has 1 saturated carbocycles. The van der Waals surface area contributed by atoms with E-state index < -0.39 is 12.8 Å². The van der Waals surface area contributed by atoms with Crippen molar-refractivity contribution in [1.82, 2.24) is 29.5 Å². The van der Waals surface area contributed by atoms with Gasteiger partial charge in [-0.05, 0) is 42.0 Å². The zero-order valence-electron chi connectivity index (χ0n) is 20.3. The molecule has 0 aliphatic heterocycles. The number of rotatable bonds is 7. The number of hydrogen-bond acceptors (Lipinski definition) is 8. The van der Waals surface area contributed by atoms with Crippen LogP contribution in [0.5, 0.6) is 17.8 Å². The molecule has 1 fully saturated rings.